The van der Waals surface area contributed by atoms with Crippen LogP contribution in [0.25, 0.3) is 0 Å². The molecular weight excluding hydrogens is 235 g/mol. The molecule has 0 aromatic carbocycles. The highest BCUT2D eigenvalue weighted by molar-refractivity contribution is 6.04. The van der Waals surface area contributed by atoms with E-state index < -0.39 is 35.9 Å². The molecule has 0 aliphatic rings. The summed E-state index contributed by atoms with van der Waals surface area (Å²) in [4.78, 5) is 33.6. The Morgan fingerprint density at radius 2 is 1.47 bits per heavy atom. The molecule has 0 aliphatic carbocycles. The summed E-state index contributed by atoms with van der Waals surface area (Å²) in [6.45, 7) is 1.21. The van der Waals surface area contributed by atoms with Crippen LogP contribution in [0.15, 0.2) is 0 Å². The van der Waals surface area contributed by atoms with Crippen molar-refractivity contribution in [3.63, 3.8) is 0 Å². The van der Waals surface area contributed by atoms with E-state index >= 15 is 0 Å². The van der Waals surface area contributed by atoms with E-state index in [2.05, 4.69) is 14.2 Å². The molecule has 0 spiro atoms. The molecule has 0 fully saturated rings. The molecule has 0 saturated heterocycles. The first-order valence-corrected chi connectivity index (χ1v) is 4.77. The summed E-state index contributed by atoms with van der Waals surface area (Å²) in [6, 6.07) is 0. The second-order valence-corrected chi connectivity index (χ2v) is 3.38. The monoisotopic (exact) mass is 250 g/mol. The van der Waals surface area contributed by atoms with Crippen LogP contribution in [0, 0.1) is 5.92 Å². The van der Waals surface area contributed by atoms with E-state index in [4.69, 9.17) is 0 Å². The molecule has 7 heteroatoms. The zero-order valence-electron chi connectivity index (χ0n) is 10.1. The maximum absolute atomic E-state index is 14.3. The van der Waals surface area contributed by atoms with Crippen LogP contribution < -0.4 is 0 Å². The van der Waals surface area contributed by atoms with Gasteiger partial charge in [-0.15, -0.1) is 0 Å². The molecule has 0 aromatic rings. The molecular formula is C10H15FO6. The average Bonchev–Trinajstić information content (AvgIpc) is 2.34. The van der Waals surface area contributed by atoms with Crippen LogP contribution in [0.1, 0.15) is 13.3 Å². The van der Waals surface area contributed by atoms with Gasteiger partial charge in [-0.25, -0.2) is 14.0 Å². The quantitative estimate of drug-likeness (QED) is 0.395. The van der Waals surface area contributed by atoms with E-state index in [0.29, 0.717) is 0 Å². The van der Waals surface area contributed by atoms with Crippen molar-refractivity contribution >= 4 is 17.9 Å². The average molecular weight is 250 g/mol. The first-order valence-electron chi connectivity index (χ1n) is 4.77. The van der Waals surface area contributed by atoms with Gasteiger partial charge < -0.3 is 14.2 Å². The molecule has 0 heterocycles. The second kappa shape index (κ2) is 6.17. The number of carbonyl (C=O) groups excluding carboxylic acids is 3. The first-order chi connectivity index (χ1) is 7.84. The number of hydrogen-bond donors (Lipinski definition) is 0. The van der Waals surface area contributed by atoms with Crippen LogP contribution in [0.2, 0.25) is 0 Å². The number of ether oxygens (including phenoxy) is 3. The van der Waals surface area contributed by atoms with Crippen molar-refractivity contribution in [3.05, 3.63) is 0 Å². The third-order valence-electron chi connectivity index (χ3n) is 2.34. The minimum Gasteiger partial charge on any atom is -0.469 e. The van der Waals surface area contributed by atoms with Gasteiger partial charge in [-0.3, -0.25) is 4.79 Å². The predicted octanol–water partition coefficient (Wildman–Crippen LogP) is 0.240. The smallest absolute Gasteiger partial charge is 0.355 e. The Balaban J connectivity index is 5.11. The highest BCUT2D eigenvalue weighted by Gasteiger charge is 2.54. The Morgan fingerprint density at radius 3 is 1.76 bits per heavy atom. The highest BCUT2D eigenvalue weighted by atomic mass is 19.1. The van der Waals surface area contributed by atoms with Gasteiger partial charge in [-0.1, -0.05) is 6.92 Å². The SMILES string of the molecule is COC(=O)CC(C)C(F)(C(=O)OC)C(=O)OC. The number of hydrogen-bond acceptors (Lipinski definition) is 6. The van der Waals surface area contributed by atoms with Gasteiger partial charge in [-0.05, 0) is 0 Å². The van der Waals surface area contributed by atoms with Crippen LogP contribution in [0.4, 0.5) is 4.39 Å². The summed E-state index contributed by atoms with van der Waals surface area (Å²) < 4.78 is 27.1. The molecule has 98 valence electrons. The van der Waals surface area contributed by atoms with Crippen molar-refractivity contribution in [1.29, 1.82) is 0 Å². The van der Waals surface area contributed by atoms with E-state index in [0.717, 1.165) is 21.3 Å². The van der Waals surface area contributed by atoms with E-state index in [1.54, 1.807) is 0 Å². The Morgan fingerprint density at radius 1 is 1.06 bits per heavy atom. The summed E-state index contributed by atoms with van der Waals surface area (Å²) >= 11 is 0. The van der Waals surface area contributed by atoms with Crippen LogP contribution in [0.3, 0.4) is 0 Å². The first kappa shape index (κ1) is 15.3. The van der Waals surface area contributed by atoms with E-state index in [1.165, 1.54) is 6.92 Å². The van der Waals surface area contributed by atoms with Gasteiger partial charge in [0, 0.05) is 5.92 Å². The molecule has 0 amide bonds. The van der Waals surface area contributed by atoms with Crippen molar-refractivity contribution in [2.75, 3.05) is 21.3 Å². The minimum absolute atomic E-state index is 0.447. The fraction of sp³-hybridized carbons (Fsp3) is 0.700. The molecule has 1 atom stereocenters. The summed E-state index contributed by atoms with van der Waals surface area (Å²) in [5.74, 6) is -4.80. The third-order valence-corrected chi connectivity index (χ3v) is 2.34. The molecule has 0 N–H and O–H groups in total. The molecule has 0 rings (SSSR count). The zero-order valence-corrected chi connectivity index (χ0v) is 10.1. The standard InChI is InChI=1S/C10H15FO6/c1-6(5-7(12)15-2)10(11,8(13)16-3)9(14)17-4/h6H,5H2,1-4H3. The molecule has 0 saturated carbocycles. The van der Waals surface area contributed by atoms with E-state index in [-0.39, 0.29) is 0 Å². The minimum atomic E-state index is -3.02. The summed E-state index contributed by atoms with van der Waals surface area (Å²) in [5, 5.41) is 0. The number of carbonyl (C=O) groups is 3. The highest BCUT2D eigenvalue weighted by Crippen LogP contribution is 2.28. The van der Waals surface area contributed by atoms with Crippen molar-refractivity contribution in [1.82, 2.24) is 0 Å². The largest absolute Gasteiger partial charge is 0.469 e. The van der Waals surface area contributed by atoms with Crippen LogP contribution in [0.5, 0.6) is 0 Å². The third kappa shape index (κ3) is 3.15. The molecule has 0 aliphatic heterocycles. The lowest BCUT2D eigenvalue weighted by Crippen LogP contribution is -2.50. The molecule has 6 nitrogen and oxygen atoms in total. The lowest BCUT2D eigenvalue weighted by atomic mass is 9.88. The Labute approximate surface area is 98.0 Å². The van der Waals surface area contributed by atoms with Gasteiger partial charge in [0.25, 0.3) is 0 Å². The van der Waals surface area contributed by atoms with Gasteiger partial charge in [-0.2, -0.15) is 0 Å². The fourth-order valence-electron chi connectivity index (χ4n) is 1.26. The van der Waals surface area contributed by atoms with E-state index in [9.17, 15) is 18.8 Å². The predicted molar refractivity (Wildman–Crippen MR) is 53.7 cm³/mol. The summed E-state index contributed by atoms with van der Waals surface area (Å²) in [6.07, 6.45) is -0.447. The van der Waals surface area contributed by atoms with Crippen LogP contribution in [-0.4, -0.2) is 44.9 Å². The van der Waals surface area contributed by atoms with Crippen molar-refractivity contribution in [3.8, 4) is 0 Å². The van der Waals surface area contributed by atoms with Crippen molar-refractivity contribution in [2.24, 2.45) is 5.92 Å². The van der Waals surface area contributed by atoms with E-state index in [1.807, 2.05) is 0 Å². The molecule has 17 heavy (non-hydrogen) atoms. The number of esters is 3. The molecule has 0 bridgehead atoms. The lowest BCUT2D eigenvalue weighted by Gasteiger charge is -2.25. The van der Waals surface area contributed by atoms with Gasteiger partial charge in [0.1, 0.15) is 0 Å². The number of rotatable bonds is 5. The maximum atomic E-state index is 14.3. The summed E-state index contributed by atoms with van der Waals surface area (Å²) in [7, 11) is 2.99. The fourth-order valence-corrected chi connectivity index (χ4v) is 1.26. The van der Waals surface area contributed by atoms with Crippen LogP contribution >= 0.6 is 0 Å². The van der Waals surface area contributed by atoms with Crippen molar-refractivity contribution in [2.45, 2.75) is 19.0 Å². The van der Waals surface area contributed by atoms with Gasteiger partial charge in [0.05, 0.1) is 27.8 Å². The van der Waals surface area contributed by atoms with Gasteiger partial charge in [0.2, 0.25) is 0 Å². The Bertz CT molecular complexity index is 298. The number of methoxy groups -OCH3 is 3. The molecule has 0 aromatic heterocycles. The molecule has 0 radical (unpaired) electrons. The number of alkyl halides is 1. The summed E-state index contributed by atoms with van der Waals surface area (Å²) in [5.41, 5.74) is -3.02. The Kier molecular flexibility index (Phi) is 5.57. The number of halogens is 1. The van der Waals surface area contributed by atoms with Crippen molar-refractivity contribution < 1.29 is 33.0 Å². The van der Waals surface area contributed by atoms with Gasteiger partial charge in [0.15, 0.2) is 0 Å². The second-order valence-electron chi connectivity index (χ2n) is 3.38. The Hall–Kier alpha value is -1.66. The molecule has 1 unspecified atom stereocenters. The lowest BCUT2D eigenvalue weighted by molar-refractivity contribution is -0.176. The zero-order chi connectivity index (χ0) is 13.6. The van der Waals surface area contributed by atoms with Crippen LogP contribution in [-0.2, 0) is 28.6 Å². The van der Waals surface area contributed by atoms with Gasteiger partial charge >= 0.3 is 23.6 Å². The normalized spacial score (nSPS) is 12.5. The maximum Gasteiger partial charge on any atom is 0.355 e. The topological polar surface area (TPSA) is 78.9 Å².